The second kappa shape index (κ2) is 7.53. The standard InChI is InChI=1S/C7H17N3O/c1-3-6-11-7-4-5-10(2)9-8/h3,6,9H,4-5,7-8H2,1-2H3. The minimum atomic E-state index is 0.732. The zero-order valence-electron chi connectivity index (χ0n) is 7.21. The van der Waals surface area contributed by atoms with Gasteiger partial charge in [-0.15, -0.1) is 0 Å². The molecule has 0 spiro atoms. The maximum Gasteiger partial charge on any atom is 0.0885 e. The van der Waals surface area contributed by atoms with Gasteiger partial charge < -0.3 is 4.74 Å². The first-order chi connectivity index (χ1) is 5.31. The molecule has 0 aromatic rings. The van der Waals surface area contributed by atoms with Crippen LogP contribution in [0.3, 0.4) is 0 Å². The minimum absolute atomic E-state index is 0.732. The van der Waals surface area contributed by atoms with Crippen LogP contribution in [0.5, 0.6) is 0 Å². The molecule has 4 nitrogen and oxygen atoms in total. The number of nitrogens with two attached hydrogens (primary N) is 1. The summed E-state index contributed by atoms with van der Waals surface area (Å²) in [5.74, 6) is 5.13. The van der Waals surface area contributed by atoms with Gasteiger partial charge in [-0.1, -0.05) is 6.08 Å². The van der Waals surface area contributed by atoms with Crippen LogP contribution in [-0.4, -0.2) is 25.2 Å². The molecular formula is C7H17N3O. The molecule has 0 bridgehead atoms. The summed E-state index contributed by atoms with van der Waals surface area (Å²) >= 11 is 0. The van der Waals surface area contributed by atoms with Gasteiger partial charge in [-0.3, -0.25) is 5.84 Å². The molecule has 4 heteroatoms. The summed E-state index contributed by atoms with van der Waals surface area (Å²) < 4.78 is 5.10. The van der Waals surface area contributed by atoms with Crippen molar-refractivity contribution >= 4 is 0 Å². The average Bonchev–Trinajstić information content (AvgIpc) is 2.04. The Kier molecular flexibility index (Phi) is 7.13. The fourth-order valence-corrected chi connectivity index (χ4v) is 0.614. The van der Waals surface area contributed by atoms with Crippen LogP contribution in [0.2, 0.25) is 0 Å². The highest BCUT2D eigenvalue weighted by Gasteiger charge is 1.91. The first-order valence-electron chi connectivity index (χ1n) is 3.71. The minimum Gasteiger partial charge on any atom is -0.501 e. The number of nitrogens with one attached hydrogen (secondary N) is 1. The maximum atomic E-state index is 5.13. The normalized spacial score (nSPS) is 11.3. The Hall–Kier alpha value is -0.580. The lowest BCUT2D eigenvalue weighted by Gasteiger charge is -2.13. The molecule has 11 heavy (non-hydrogen) atoms. The van der Waals surface area contributed by atoms with E-state index in [1.165, 1.54) is 0 Å². The van der Waals surface area contributed by atoms with Crippen molar-refractivity contribution < 1.29 is 4.74 Å². The molecule has 0 heterocycles. The Labute approximate surface area is 67.9 Å². The summed E-state index contributed by atoms with van der Waals surface area (Å²) in [6, 6.07) is 0. The van der Waals surface area contributed by atoms with Gasteiger partial charge in [0.1, 0.15) is 0 Å². The van der Waals surface area contributed by atoms with E-state index in [0.29, 0.717) is 0 Å². The second-order valence-corrected chi connectivity index (χ2v) is 2.24. The van der Waals surface area contributed by atoms with Crippen molar-refractivity contribution in [3.8, 4) is 0 Å². The SMILES string of the molecule is CC=COCCCN(C)NN. The van der Waals surface area contributed by atoms with Crippen LogP contribution < -0.4 is 11.4 Å². The first-order valence-corrected chi connectivity index (χ1v) is 3.71. The number of hydrogen-bond acceptors (Lipinski definition) is 4. The van der Waals surface area contributed by atoms with E-state index in [0.717, 1.165) is 19.6 Å². The fraction of sp³-hybridized carbons (Fsp3) is 0.714. The summed E-state index contributed by atoms with van der Waals surface area (Å²) in [4.78, 5) is 0. The third kappa shape index (κ3) is 7.32. The van der Waals surface area contributed by atoms with Crippen molar-refractivity contribution in [2.24, 2.45) is 5.84 Å². The van der Waals surface area contributed by atoms with Crippen molar-refractivity contribution in [3.63, 3.8) is 0 Å². The Bertz CT molecular complexity index is 106. The second-order valence-electron chi connectivity index (χ2n) is 2.24. The van der Waals surface area contributed by atoms with Gasteiger partial charge in [-0.25, -0.2) is 5.01 Å². The van der Waals surface area contributed by atoms with E-state index < -0.39 is 0 Å². The molecule has 0 aliphatic heterocycles. The van der Waals surface area contributed by atoms with Crippen molar-refractivity contribution in [1.29, 1.82) is 0 Å². The van der Waals surface area contributed by atoms with Crippen molar-refractivity contribution in [2.45, 2.75) is 13.3 Å². The third-order valence-corrected chi connectivity index (χ3v) is 1.21. The predicted octanol–water partition coefficient (Wildman–Crippen LogP) is 0.237. The van der Waals surface area contributed by atoms with E-state index >= 15 is 0 Å². The van der Waals surface area contributed by atoms with Gasteiger partial charge in [-0.05, 0) is 13.3 Å². The van der Waals surface area contributed by atoms with Crippen LogP contribution >= 0.6 is 0 Å². The molecule has 0 amide bonds. The summed E-state index contributed by atoms with van der Waals surface area (Å²) in [5, 5.41) is 1.80. The molecule has 0 rings (SSSR count). The van der Waals surface area contributed by atoms with Crippen LogP contribution in [0.25, 0.3) is 0 Å². The van der Waals surface area contributed by atoms with E-state index in [2.05, 4.69) is 5.53 Å². The molecule has 0 radical (unpaired) electrons. The van der Waals surface area contributed by atoms with Crippen molar-refractivity contribution in [3.05, 3.63) is 12.3 Å². The van der Waals surface area contributed by atoms with Gasteiger partial charge in [0, 0.05) is 13.6 Å². The van der Waals surface area contributed by atoms with Crippen LogP contribution in [0, 0.1) is 0 Å². The number of allylic oxidation sites excluding steroid dienone is 1. The molecule has 0 unspecified atom stereocenters. The lowest BCUT2D eigenvalue weighted by Crippen LogP contribution is -2.40. The number of nitrogens with zero attached hydrogens (tertiary/aromatic N) is 1. The molecule has 0 aliphatic rings. The molecular weight excluding hydrogens is 142 g/mol. The maximum absolute atomic E-state index is 5.13. The lowest BCUT2D eigenvalue weighted by atomic mass is 10.4. The Morgan fingerprint density at radius 3 is 2.91 bits per heavy atom. The van der Waals surface area contributed by atoms with Crippen LogP contribution in [-0.2, 0) is 4.74 Å². The molecule has 3 N–H and O–H groups in total. The van der Waals surface area contributed by atoms with Gasteiger partial charge in [0.15, 0.2) is 0 Å². The van der Waals surface area contributed by atoms with Crippen molar-refractivity contribution in [2.75, 3.05) is 20.2 Å². The molecule has 0 saturated carbocycles. The van der Waals surface area contributed by atoms with Gasteiger partial charge in [0.05, 0.1) is 12.9 Å². The third-order valence-electron chi connectivity index (χ3n) is 1.21. The molecule has 0 fully saturated rings. The smallest absolute Gasteiger partial charge is 0.0885 e. The predicted molar refractivity (Wildman–Crippen MR) is 45.3 cm³/mol. The molecule has 0 aliphatic carbocycles. The first kappa shape index (κ1) is 10.4. The summed E-state index contributed by atoms with van der Waals surface area (Å²) in [6.07, 6.45) is 4.52. The number of hydrazine groups is 2. The van der Waals surface area contributed by atoms with Gasteiger partial charge in [-0.2, -0.15) is 5.53 Å². The summed E-state index contributed by atoms with van der Waals surface area (Å²) in [6.45, 7) is 3.54. The van der Waals surface area contributed by atoms with Gasteiger partial charge >= 0.3 is 0 Å². The fourth-order valence-electron chi connectivity index (χ4n) is 0.614. The molecule has 0 aromatic carbocycles. The zero-order chi connectivity index (χ0) is 8.53. The molecule has 0 atom stereocenters. The van der Waals surface area contributed by atoms with E-state index in [9.17, 15) is 0 Å². The highest BCUT2D eigenvalue weighted by atomic mass is 16.5. The van der Waals surface area contributed by atoms with Crippen LogP contribution in [0.4, 0.5) is 0 Å². The van der Waals surface area contributed by atoms with Gasteiger partial charge in [0.25, 0.3) is 0 Å². The number of ether oxygens (including phenoxy) is 1. The van der Waals surface area contributed by atoms with E-state index in [1.807, 2.05) is 20.0 Å². The lowest BCUT2D eigenvalue weighted by molar-refractivity contribution is 0.189. The van der Waals surface area contributed by atoms with Crippen LogP contribution in [0.15, 0.2) is 12.3 Å². The quantitative estimate of drug-likeness (QED) is 0.252. The summed E-state index contributed by atoms with van der Waals surface area (Å²) in [5.41, 5.74) is 2.52. The molecule has 0 aromatic heterocycles. The highest BCUT2D eigenvalue weighted by molar-refractivity contribution is 4.64. The summed E-state index contributed by atoms with van der Waals surface area (Å²) in [7, 11) is 1.88. The monoisotopic (exact) mass is 159 g/mol. The Morgan fingerprint density at radius 1 is 1.64 bits per heavy atom. The van der Waals surface area contributed by atoms with Crippen molar-refractivity contribution in [1.82, 2.24) is 10.5 Å². The van der Waals surface area contributed by atoms with Gasteiger partial charge in [0.2, 0.25) is 0 Å². The largest absolute Gasteiger partial charge is 0.501 e. The number of rotatable bonds is 6. The average molecular weight is 159 g/mol. The van der Waals surface area contributed by atoms with E-state index in [-0.39, 0.29) is 0 Å². The Morgan fingerprint density at radius 2 is 2.36 bits per heavy atom. The van der Waals surface area contributed by atoms with Crippen LogP contribution in [0.1, 0.15) is 13.3 Å². The molecule has 0 saturated heterocycles. The molecule has 66 valence electrons. The highest BCUT2D eigenvalue weighted by Crippen LogP contribution is 1.85. The zero-order valence-corrected chi connectivity index (χ0v) is 7.21. The topological polar surface area (TPSA) is 50.5 Å². The number of hydrogen-bond donors (Lipinski definition) is 2. The Balaban J connectivity index is 3.01. The van der Waals surface area contributed by atoms with E-state index in [4.69, 9.17) is 10.6 Å². The van der Waals surface area contributed by atoms with E-state index in [1.54, 1.807) is 11.3 Å².